The van der Waals surface area contributed by atoms with Gasteiger partial charge in [-0.05, 0) is 68.1 Å². The molecule has 0 fully saturated rings. The van der Waals surface area contributed by atoms with E-state index in [1.54, 1.807) is 0 Å². The molecule has 2 rings (SSSR count). The van der Waals surface area contributed by atoms with E-state index in [0.29, 0.717) is 0 Å². The van der Waals surface area contributed by atoms with Crippen LogP contribution in [0.15, 0.2) is 39.5 Å². The molecule has 0 amide bonds. The standard InChI is InChI=1S/C13H11Br2ClN2/c1-8-4-10(7-18-13(8)15)17-6-9-2-3-12(16)11(14)5-9/h2-5,7,17H,6H2,1H3. The quantitative estimate of drug-likeness (QED) is 0.731. The minimum absolute atomic E-state index is 0.722. The Labute approximate surface area is 128 Å². The van der Waals surface area contributed by atoms with Gasteiger partial charge in [0.15, 0.2) is 0 Å². The number of nitrogens with zero attached hydrogens (tertiary/aromatic N) is 1. The number of rotatable bonds is 3. The van der Waals surface area contributed by atoms with Gasteiger partial charge < -0.3 is 5.32 Å². The van der Waals surface area contributed by atoms with Crippen LogP contribution in [-0.2, 0) is 6.54 Å². The van der Waals surface area contributed by atoms with Crippen LogP contribution >= 0.6 is 43.5 Å². The van der Waals surface area contributed by atoms with Crippen LogP contribution in [0.4, 0.5) is 5.69 Å². The Bertz CT molecular complexity index is 521. The number of halogens is 3. The van der Waals surface area contributed by atoms with E-state index in [4.69, 9.17) is 11.6 Å². The molecule has 2 nitrogen and oxygen atoms in total. The summed E-state index contributed by atoms with van der Waals surface area (Å²) in [6.07, 6.45) is 1.81. The molecule has 2 aromatic rings. The lowest BCUT2D eigenvalue weighted by Gasteiger charge is -2.08. The first-order chi connectivity index (χ1) is 8.56. The molecular weight excluding hydrogens is 379 g/mol. The Morgan fingerprint density at radius 2 is 2.06 bits per heavy atom. The molecule has 94 valence electrons. The van der Waals surface area contributed by atoms with Gasteiger partial charge in [0.25, 0.3) is 0 Å². The molecule has 0 aliphatic carbocycles. The summed E-state index contributed by atoms with van der Waals surface area (Å²) in [6.45, 7) is 2.75. The minimum Gasteiger partial charge on any atom is -0.380 e. The highest BCUT2D eigenvalue weighted by molar-refractivity contribution is 9.10. The maximum absolute atomic E-state index is 5.95. The molecule has 0 aliphatic rings. The largest absolute Gasteiger partial charge is 0.380 e. The Hall–Kier alpha value is -0.580. The van der Waals surface area contributed by atoms with E-state index in [2.05, 4.69) is 48.2 Å². The van der Waals surface area contributed by atoms with Crippen LogP contribution in [0, 0.1) is 6.92 Å². The maximum atomic E-state index is 5.95. The van der Waals surface area contributed by atoms with Crippen LogP contribution in [0.1, 0.15) is 11.1 Å². The van der Waals surface area contributed by atoms with Crippen molar-refractivity contribution in [3.05, 3.63) is 55.7 Å². The third kappa shape index (κ3) is 3.46. The molecule has 0 aliphatic heterocycles. The summed E-state index contributed by atoms with van der Waals surface area (Å²) in [4.78, 5) is 4.25. The lowest BCUT2D eigenvalue weighted by Crippen LogP contribution is -2.00. The Morgan fingerprint density at radius 3 is 2.72 bits per heavy atom. The first-order valence-electron chi connectivity index (χ1n) is 5.36. The summed E-state index contributed by atoms with van der Waals surface area (Å²) in [7, 11) is 0. The van der Waals surface area contributed by atoms with Crippen molar-refractivity contribution in [3.63, 3.8) is 0 Å². The van der Waals surface area contributed by atoms with Gasteiger partial charge in [-0.15, -0.1) is 0 Å². The predicted octanol–water partition coefficient (Wildman–Crippen LogP) is 5.18. The monoisotopic (exact) mass is 388 g/mol. The SMILES string of the molecule is Cc1cc(NCc2ccc(Cl)c(Br)c2)cnc1Br. The van der Waals surface area contributed by atoms with E-state index in [1.807, 2.05) is 31.3 Å². The Kier molecular flexibility index (Phi) is 4.65. The predicted molar refractivity (Wildman–Crippen MR) is 83.2 cm³/mol. The molecule has 0 atom stereocenters. The average Bonchev–Trinajstić information content (AvgIpc) is 2.35. The zero-order valence-electron chi connectivity index (χ0n) is 9.67. The van der Waals surface area contributed by atoms with Crippen molar-refractivity contribution in [3.8, 4) is 0 Å². The van der Waals surface area contributed by atoms with Crippen LogP contribution < -0.4 is 5.32 Å². The fourth-order valence-electron chi connectivity index (χ4n) is 1.51. The number of hydrogen-bond donors (Lipinski definition) is 1. The number of aromatic nitrogens is 1. The van der Waals surface area contributed by atoms with Crippen molar-refractivity contribution in [2.75, 3.05) is 5.32 Å². The number of benzene rings is 1. The zero-order valence-corrected chi connectivity index (χ0v) is 13.6. The van der Waals surface area contributed by atoms with Crippen molar-refractivity contribution in [2.24, 2.45) is 0 Å². The van der Waals surface area contributed by atoms with E-state index < -0.39 is 0 Å². The molecule has 0 unspecified atom stereocenters. The normalized spacial score (nSPS) is 10.4. The third-order valence-corrected chi connectivity index (χ3v) is 4.54. The number of hydrogen-bond acceptors (Lipinski definition) is 2. The summed E-state index contributed by atoms with van der Waals surface area (Å²) in [6, 6.07) is 7.95. The first-order valence-corrected chi connectivity index (χ1v) is 7.32. The second-order valence-corrected chi connectivity index (χ2v) is 5.95. The second kappa shape index (κ2) is 6.04. The molecular formula is C13H11Br2ClN2. The maximum Gasteiger partial charge on any atom is 0.109 e. The summed E-state index contributed by atoms with van der Waals surface area (Å²) in [5.41, 5.74) is 3.27. The molecule has 1 heterocycles. The van der Waals surface area contributed by atoms with Crippen LogP contribution in [0.25, 0.3) is 0 Å². The van der Waals surface area contributed by atoms with Gasteiger partial charge in [0.1, 0.15) is 4.60 Å². The molecule has 0 bridgehead atoms. The van der Waals surface area contributed by atoms with Gasteiger partial charge in [0.05, 0.1) is 16.9 Å². The molecule has 1 N–H and O–H groups in total. The van der Waals surface area contributed by atoms with Crippen LogP contribution in [0.5, 0.6) is 0 Å². The zero-order chi connectivity index (χ0) is 13.1. The van der Waals surface area contributed by atoms with Crippen LogP contribution in [-0.4, -0.2) is 4.98 Å². The highest BCUT2D eigenvalue weighted by atomic mass is 79.9. The van der Waals surface area contributed by atoms with Gasteiger partial charge in [-0.3, -0.25) is 0 Å². The molecule has 1 aromatic carbocycles. The van der Waals surface area contributed by atoms with Gasteiger partial charge in [0, 0.05) is 11.0 Å². The van der Waals surface area contributed by atoms with E-state index in [-0.39, 0.29) is 0 Å². The van der Waals surface area contributed by atoms with Crippen LogP contribution in [0.3, 0.4) is 0 Å². The summed E-state index contributed by atoms with van der Waals surface area (Å²) >= 11 is 12.8. The van der Waals surface area contributed by atoms with Crippen molar-refractivity contribution in [2.45, 2.75) is 13.5 Å². The molecule has 18 heavy (non-hydrogen) atoms. The Balaban J connectivity index is 2.06. The Morgan fingerprint density at radius 1 is 1.28 bits per heavy atom. The summed E-state index contributed by atoms with van der Waals surface area (Å²) in [5.74, 6) is 0. The van der Waals surface area contributed by atoms with Gasteiger partial charge in [-0.1, -0.05) is 17.7 Å². The van der Waals surface area contributed by atoms with Gasteiger partial charge in [0.2, 0.25) is 0 Å². The first kappa shape index (κ1) is 13.8. The highest BCUT2D eigenvalue weighted by Crippen LogP contribution is 2.24. The highest BCUT2D eigenvalue weighted by Gasteiger charge is 2.01. The third-order valence-electron chi connectivity index (χ3n) is 2.50. The fraction of sp³-hybridized carbons (Fsp3) is 0.154. The molecule has 0 radical (unpaired) electrons. The van der Waals surface area contributed by atoms with Gasteiger partial charge >= 0.3 is 0 Å². The molecule has 0 saturated heterocycles. The number of anilines is 1. The topological polar surface area (TPSA) is 24.9 Å². The molecule has 0 saturated carbocycles. The summed E-state index contributed by atoms with van der Waals surface area (Å²) < 4.78 is 1.79. The van der Waals surface area contributed by atoms with Crippen molar-refractivity contribution in [1.82, 2.24) is 4.98 Å². The van der Waals surface area contributed by atoms with E-state index in [0.717, 1.165) is 37.5 Å². The molecule has 1 aromatic heterocycles. The van der Waals surface area contributed by atoms with E-state index in [1.165, 1.54) is 0 Å². The second-order valence-electron chi connectivity index (χ2n) is 3.93. The number of pyridine rings is 1. The number of nitrogens with one attached hydrogen (secondary N) is 1. The molecule has 5 heteroatoms. The summed E-state index contributed by atoms with van der Waals surface area (Å²) in [5, 5.41) is 4.05. The van der Waals surface area contributed by atoms with Gasteiger partial charge in [-0.2, -0.15) is 0 Å². The fourth-order valence-corrected chi connectivity index (χ4v) is 2.27. The lowest BCUT2D eigenvalue weighted by molar-refractivity contribution is 1.12. The minimum atomic E-state index is 0.722. The van der Waals surface area contributed by atoms with E-state index in [9.17, 15) is 0 Å². The lowest BCUT2D eigenvalue weighted by atomic mass is 10.2. The smallest absolute Gasteiger partial charge is 0.109 e. The van der Waals surface area contributed by atoms with Crippen molar-refractivity contribution < 1.29 is 0 Å². The molecule has 0 spiro atoms. The van der Waals surface area contributed by atoms with E-state index >= 15 is 0 Å². The number of aryl methyl sites for hydroxylation is 1. The van der Waals surface area contributed by atoms with Crippen molar-refractivity contribution >= 4 is 49.1 Å². The average molecular weight is 391 g/mol. The van der Waals surface area contributed by atoms with Gasteiger partial charge in [-0.25, -0.2) is 4.98 Å². The van der Waals surface area contributed by atoms with Crippen LogP contribution in [0.2, 0.25) is 5.02 Å². The van der Waals surface area contributed by atoms with Crippen molar-refractivity contribution in [1.29, 1.82) is 0 Å².